The molecule has 0 aliphatic heterocycles. The van der Waals surface area contributed by atoms with E-state index in [1.807, 2.05) is 13.0 Å². The van der Waals surface area contributed by atoms with Gasteiger partial charge in [0.2, 0.25) is 5.88 Å². The molecule has 1 heterocycles. The zero-order chi connectivity index (χ0) is 13.0. The van der Waals surface area contributed by atoms with Crippen molar-refractivity contribution < 1.29 is 4.74 Å². The van der Waals surface area contributed by atoms with Gasteiger partial charge in [0.05, 0.1) is 5.54 Å². The highest BCUT2D eigenvalue weighted by molar-refractivity contribution is 9.10. The van der Waals surface area contributed by atoms with Crippen molar-refractivity contribution in [3.05, 3.63) is 22.3 Å². The second kappa shape index (κ2) is 6.02. The van der Waals surface area contributed by atoms with E-state index in [4.69, 9.17) is 10.5 Å². The van der Waals surface area contributed by atoms with E-state index in [1.54, 1.807) is 6.20 Å². The molecular weight excluding hydrogens is 292 g/mol. The number of aryl methyl sites for hydroxylation is 1. The van der Waals surface area contributed by atoms with Crippen molar-refractivity contribution in [3.63, 3.8) is 0 Å². The molecule has 1 saturated carbocycles. The van der Waals surface area contributed by atoms with Crippen molar-refractivity contribution >= 4 is 15.9 Å². The van der Waals surface area contributed by atoms with Crippen molar-refractivity contribution in [1.29, 1.82) is 0 Å². The van der Waals surface area contributed by atoms with E-state index in [2.05, 4.69) is 20.9 Å². The number of hydrogen-bond donors (Lipinski definition) is 1. The zero-order valence-corrected chi connectivity index (χ0v) is 12.5. The molecule has 0 unspecified atom stereocenters. The van der Waals surface area contributed by atoms with Crippen molar-refractivity contribution in [2.24, 2.45) is 5.73 Å². The topological polar surface area (TPSA) is 48.1 Å². The number of aromatic nitrogens is 1. The molecule has 2 rings (SSSR count). The van der Waals surface area contributed by atoms with Crippen LogP contribution in [-0.4, -0.2) is 17.1 Å². The Morgan fingerprint density at radius 1 is 1.33 bits per heavy atom. The standard InChI is InChI=1S/C14H21BrN2O/c1-11-8-13(17-9-12(11)15)18-10-14(16)6-4-2-3-5-7-14/h8-9H,2-7,10,16H2,1H3. The average molecular weight is 313 g/mol. The predicted octanol–water partition coefficient (Wildman–Crippen LogP) is 3.58. The first kappa shape index (κ1) is 13.8. The summed E-state index contributed by atoms with van der Waals surface area (Å²) in [5.41, 5.74) is 7.38. The smallest absolute Gasteiger partial charge is 0.213 e. The number of nitrogens with zero attached hydrogens (tertiary/aromatic N) is 1. The predicted molar refractivity (Wildman–Crippen MR) is 76.8 cm³/mol. The van der Waals surface area contributed by atoms with Crippen molar-refractivity contribution in [1.82, 2.24) is 4.98 Å². The minimum absolute atomic E-state index is 0.168. The van der Waals surface area contributed by atoms with Gasteiger partial charge < -0.3 is 10.5 Å². The number of pyridine rings is 1. The largest absolute Gasteiger partial charge is 0.476 e. The van der Waals surface area contributed by atoms with Crippen LogP contribution in [0.5, 0.6) is 5.88 Å². The van der Waals surface area contributed by atoms with Crippen LogP contribution in [0.15, 0.2) is 16.7 Å². The molecule has 18 heavy (non-hydrogen) atoms. The first-order valence-corrected chi connectivity index (χ1v) is 7.42. The maximum Gasteiger partial charge on any atom is 0.213 e. The first-order valence-electron chi connectivity index (χ1n) is 6.63. The van der Waals surface area contributed by atoms with Crippen molar-refractivity contribution in [3.8, 4) is 5.88 Å². The van der Waals surface area contributed by atoms with Gasteiger partial charge in [0.25, 0.3) is 0 Å². The summed E-state index contributed by atoms with van der Waals surface area (Å²) >= 11 is 3.44. The molecular formula is C14H21BrN2O. The molecule has 0 bridgehead atoms. The van der Waals surface area contributed by atoms with Crippen LogP contribution >= 0.6 is 15.9 Å². The summed E-state index contributed by atoms with van der Waals surface area (Å²) in [7, 11) is 0. The fraction of sp³-hybridized carbons (Fsp3) is 0.643. The lowest BCUT2D eigenvalue weighted by molar-refractivity contribution is 0.193. The number of ether oxygens (including phenoxy) is 1. The molecule has 1 fully saturated rings. The third-order valence-corrected chi connectivity index (χ3v) is 4.46. The summed E-state index contributed by atoms with van der Waals surface area (Å²) < 4.78 is 6.79. The quantitative estimate of drug-likeness (QED) is 0.868. The Morgan fingerprint density at radius 3 is 2.61 bits per heavy atom. The van der Waals surface area contributed by atoms with Crippen LogP contribution in [-0.2, 0) is 0 Å². The van der Waals surface area contributed by atoms with Gasteiger partial charge in [-0.1, -0.05) is 25.7 Å². The lowest BCUT2D eigenvalue weighted by atomic mass is 9.93. The zero-order valence-electron chi connectivity index (χ0n) is 10.9. The summed E-state index contributed by atoms with van der Waals surface area (Å²) in [6.07, 6.45) is 8.93. The molecule has 0 radical (unpaired) electrons. The Morgan fingerprint density at radius 2 is 2.00 bits per heavy atom. The molecule has 1 aromatic heterocycles. The molecule has 1 aromatic rings. The molecule has 2 N–H and O–H groups in total. The Labute approximate surface area is 117 Å². The molecule has 1 aliphatic rings. The maximum absolute atomic E-state index is 6.41. The summed E-state index contributed by atoms with van der Waals surface area (Å²) in [5, 5.41) is 0. The fourth-order valence-corrected chi connectivity index (χ4v) is 2.60. The van der Waals surface area contributed by atoms with E-state index in [0.29, 0.717) is 12.5 Å². The molecule has 4 heteroatoms. The Bertz CT molecular complexity index is 401. The summed E-state index contributed by atoms with van der Waals surface area (Å²) in [4.78, 5) is 4.25. The van der Waals surface area contributed by atoms with Crippen LogP contribution in [0.1, 0.15) is 44.1 Å². The van der Waals surface area contributed by atoms with Crippen LogP contribution in [0, 0.1) is 6.92 Å². The first-order chi connectivity index (χ1) is 8.59. The summed E-state index contributed by atoms with van der Waals surface area (Å²) in [6.45, 7) is 2.60. The highest BCUT2D eigenvalue weighted by Crippen LogP contribution is 2.26. The highest BCUT2D eigenvalue weighted by Gasteiger charge is 2.27. The van der Waals surface area contributed by atoms with E-state index in [0.717, 1.165) is 22.9 Å². The second-order valence-electron chi connectivity index (χ2n) is 5.34. The van der Waals surface area contributed by atoms with E-state index in [9.17, 15) is 0 Å². The van der Waals surface area contributed by atoms with Gasteiger partial charge in [-0.05, 0) is 41.3 Å². The number of halogens is 1. The van der Waals surface area contributed by atoms with E-state index >= 15 is 0 Å². The van der Waals surface area contributed by atoms with Gasteiger partial charge in [-0.2, -0.15) is 0 Å². The molecule has 100 valence electrons. The van der Waals surface area contributed by atoms with Crippen molar-refractivity contribution in [2.75, 3.05) is 6.61 Å². The SMILES string of the molecule is Cc1cc(OCC2(N)CCCCCC2)ncc1Br. The molecule has 0 aromatic carbocycles. The molecule has 0 saturated heterocycles. The average Bonchev–Trinajstić information content (AvgIpc) is 2.56. The van der Waals surface area contributed by atoms with Gasteiger partial charge >= 0.3 is 0 Å². The Kier molecular flexibility index (Phi) is 4.62. The number of hydrogen-bond acceptors (Lipinski definition) is 3. The van der Waals surface area contributed by atoms with Crippen molar-refractivity contribution in [2.45, 2.75) is 51.0 Å². The minimum atomic E-state index is -0.168. The lowest BCUT2D eigenvalue weighted by Crippen LogP contribution is -2.45. The van der Waals surface area contributed by atoms with Crippen LogP contribution in [0.2, 0.25) is 0 Å². The summed E-state index contributed by atoms with van der Waals surface area (Å²) in [6, 6.07) is 1.95. The Hall–Kier alpha value is -0.610. The van der Waals surface area contributed by atoms with Crippen LogP contribution < -0.4 is 10.5 Å². The molecule has 0 spiro atoms. The summed E-state index contributed by atoms with van der Waals surface area (Å²) in [5.74, 6) is 0.671. The van der Waals surface area contributed by atoms with Gasteiger partial charge in [-0.25, -0.2) is 4.98 Å². The monoisotopic (exact) mass is 312 g/mol. The van der Waals surface area contributed by atoms with Gasteiger partial charge in [0.1, 0.15) is 6.61 Å². The van der Waals surface area contributed by atoms with Gasteiger partial charge in [-0.15, -0.1) is 0 Å². The number of nitrogens with two attached hydrogens (primary N) is 1. The van der Waals surface area contributed by atoms with Gasteiger partial charge in [0, 0.05) is 16.7 Å². The van der Waals surface area contributed by atoms with E-state index in [-0.39, 0.29) is 5.54 Å². The molecule has 1 aliphatic carbocycles. The van der Waals surface area contributed by atoms with Crippen LogP contribution in [0.4, 0.5) is 0 Å². The molecule has 0 amide bonds. The van der Waals surface area contributed by atoms with Gasteiger partial charge in [0.15, 0.2) is 0 Å². The van der Waals surface area contributed by atoms with E-state index in [1.165, 1.54) is 25.7 Å². The Balaban J connectivity index is 1.95. The molecule has 0 atom stereocenters. The normalized spacial score (nSPS) is 19.3. The third kappa shape index (κ3) is 3.69. The minimum Gasteiger partial charge on any atom is -0.476 e. The maximum atomic E-state index is 6.41. The fourth-order valence-electron chi connectivity index (χ4n) is 2.39. The van der Waals surface area contributed by atoms with Gasteiger partial charge in [-0.3, -0.25) is 0 Å². The van der Waals surface area contributed by atoms with Crippen LogP contribution in [0.3, 0.4) is 0 Å². The van der Waals surface area contributed by atoms with Crippen LogP contribution in [0.25, 0.3) is 0 Å². The lowest BCUT2D eigenvalue weighted by Gasteiger charge is -2.27. The second-order valence-corrected chi connectivity index (χ2v) is 6.19. The third-order valence-electron chi connectivity index (χ3n) is 3.63. The highest BCUT2D eigenvalue weighted by atomic mass is 79.9. The number of rotatable bonds is 3. The van der Waals surface area contributed by atoms with E-state index < -0.39 is 0 Å². The molecule has 3 nitrogen and oxygen atoms in total.